The summed E-state index contributed by atoms with van der Waals surface area (Å²) in [5.41, 5.74) is 7.86. The number of pyridine rings is 1. The molecule has 0 saturated carbocycles. The maximum atomic E-state index is 13.6. The summed E-state index contributed by atoms with van der Waals surface area (Å²) < 4.78 is 13.6. The van der Waals surface area contributed by atoms with Crippen LogP contribution in [0.2, 0.25) is 5.02 Å². The van der Waals surface area contributed by atoms with E-state index in [1.165, 1.54) is 6.07 Å². The molecule has 0 aliphatic rings. The van der Waals surface area contributed by atoms with E-state index in [4.69, 9.17) is 17.3 Å². The Balaban J connectivity index is 2.37. The van der Waals surface area contributed by atoms with E-state index in [0.717, 1.165) is 11.5 Å². The van der Waals surface area contributed by atoms with Crippen LogP contribution in [0.25, 0.3) is 22.0 Å². The van der Waals surface area contributed by atoms with Gasteiger partial charge in [-0.15, -0.1) is 0 Å². The maximum absolute atomic E-state index is 13.6. The molecule has 3 rings (SSSR count). The van der Waals surface area contributed by atoms with Crippen LogP contribution in [0.5, 0.6) is 0 Å². The Hall–Kier alpha value is -2.64. The smallest absolute Gasteiger partial charge is 0.149 e. The normalized spacial score (nSPS) is 10.5. The number of anilines is 1. The van der Waals surface area contributed by atoms with Crippen molar-refractivity contribution in [3.8, 4) is 17.2 Å². The summed E-state index contributed by atoms with van der Waals surface area (Å²) in [6.45, 7) is 0. The van der Waals surface area contributed by atoms with Crippen molar-refractivity contribution in [2.24, 2.45) is 0 Å². The summed E-state index contributed by atoms with van der Waals surface area (Å²) in [5.74, 6) is -0.513. The van der Waals surface area contributed by atoms with Gasteiger partial charge in [-0.05, 0) is 24.3 Å². The predicted octanol–water partition coefficient (Wildman–Crippen LogP) is 4.15. The second-order valence-corrected chi connectivity index (χ2v) is 4.95. The van der Waals surface area contributed by atoms with Crippen LogP contribution < -0.4 is 5.73 Å². The van der Waals surface area contributed by atoms with Crippen molar-refractivity contribution in [2.45, 2.75) is 0 Å². The molecule has 102 valence electrons. The number of nitrogens with two attached hydrogens (primary N) is 1. The Labute approximate surface area is 125 Å². The molecule has 3 aromatic rings. The molecule has 0 spiro atoms. The van der Waals surface area contributed by atoms with Crippen molar-refractivity contribution in [3.63, 3.8) is 0 Å². The molecule has 0 aliphatic heterocycles. The van der Waals surface area contributed by atoms with Crippen LogP contribution in [-0.2, 0) is 0 Å². The largest absolute Gasteiger partial charge is 0.397 e. The molecule has 0 saturated heterocycles. The first-order valence-electron chi connectivity index (χ1n) is 6.15. The monoisotopic (exact) mass is 297 g/mol. The third kappa shape index (κ3) is 2.28. The van der Waals surface area contributed by atoms with Gasteiger partial charge in [-0.1, -0.05) is 29.8 Å². The van der Waals surface area contributed by atoms with Gasteiger partial charge in [-0.3, -0.25) is 0 Å². The molecular formula is C16H9ClFN3. The summed E-state index contributed by atoms with van der Waals surface area (Å²) in [6.07, 6.45) is 0. The zero-order valence-electron chi connectivity index (χ0n) is 10.8. The fraction of sp³-hybridized carbons (Fsp3) is 0. The summed E-state index contributed by atoms with van der Waals surface area (Å²) in [4.78, 5) is 4.29. The predicted molar refractivity (Wildman–Crippen MR) is 81.3 cm³/mol. The molecule has 3 nitrogen and oxygen atoms in total. The van der Waals surface area contributed by atoms with E-state index < -0.39 is 5.82 Å². The Kier molecular flexibility index (Phi) is 3.20. The fourth-order valence-electron chi connectivity index (χ4n) is 2.21. The third-order valence-electron chi connectivity index (χ3n) is 3.21. The molecule has 0 amide bonds. The number of fused-ring (bicyclic) bond motifs is 1. The van der Waals surface area contributed by atoms with Gasteiger partial charge in [0.2, 0.25) is 0 Å². The van der Waals surface area contributed by atoms with Crippen LogP contribution in [-0.4, -0.2) is 4.98 Å². The zero-order chi connectivity index (χ0) is 15.0. The van der Waals surface area contributed by atoms with Crippen LogP contribution >= 0.6 is 11.6 Å². The van der Waals surface area contributed by atoms with Crippen molar-refractivity contribution < 1.29 is 4.39 Å². The Morgan fingerprint density at radius 2 is 1.90 bits per heavy atom. The van der Waals surface area contributed by atoms with Gasteiger partial charge in [-0.25, -0.2) is 9.37 Å². The molecule has 0 fully saturated rings. The molecule has 1 aromatic heterocycles. The van der Waals surface area contributed by atoms with Gasteiger partial charge in [0.25, 0.3) is 0 Å². The molecule has 2 N–H and O–H groups in total. The highest BCUT2D eigenvalue weighted by molar-refractivity contribution is 6.33. The zero-order valence-corrected chi connectivity index (χ0v) is 11.5. The van der Waals surface area contributed by atoms with Crippen molar-refractivity contribution in [3.05, 3.63) is 59.0 Å². The van der Waals surface area contributed by atoms with E-state index in [1.807, 2.05) is 30.3 Å². The molecule has 5 heteroatoms. The third-order valence-corrected chi connectivity index (χ3v) is 3.53. The number of hydrogen-bond donors (Lipinski definition) is 1. The molecule has 0 bridgehead atoms. The minimum atomic E-state index is -0.513. The molecular weight excluding hydrogens is 289 g/mol. The topological polar surface area (TPSA) is 62.7 Å². The Morgan fingerprint density at radius 1 is 1.14 bits per heavy atom. The lowest BCUT2D eigenvalue weighted by molar-refractivity contribution is 0.628. The fourth-order valence-corrected chi connectivity index (χ4v) is 2.42. The highest BCUT2D eigenvalue weighted by Crippen LogP contribution is 2.35. The summed E-state index contributed by atoms with van der Waals surface area (Å²) >= 11 is 5.91. The van der Waals surface area contributed by atoms with Crippen molar-refractivity contribution in [1.29, 1.82) is 5.26 Å². The summed E-state index contributed by atoms with van der Waals surface area (Å²) in [6, 6.07) is 13.6. The van der Waals surface area contributed by atoms with Gasteiger partial charge in [0.1, 0.15) is 17.6 Å². The van der Waals surface area contributed by atoms with E-state index in [0.29, 0.717) is 16.6 Å². The van der Waals surface area contributed by atoms with Crippen molar-refractivity contribution in [1.82, 2.24) is 4.98 Å². The first-order chi connectivity index (χ1) is 10.1. The molecule has 2 aromatic carbocycles. The highest BCUT2D eigenvalue weighted by Gasteiger charge is 2.14. The van der Waals surface area contributed by atoms with Crippen LogP contribution in [0.4, 0.5) is 10.1 Å². The van der Waals surface area contributed by atoms with Gasteiger partial charge < -0.3 is 5.73 Å². The highest BCUT2D eigenvalue weighted by atomic mass is 35.5. The number of aromatic nitrogens is 1. The molecule has 0 aliphatic carbocycles. The molecule has 0 radical (unpaired) electrons. The van der Waals surface area contributed by atoms with Crippen molar-refractivity contribution >= 4 is 28.2 Å². The maximum Gasteiger partial charge on any atom is 0.149 e. The first-order valence-corrected chi connectivity index (χ1v) is 6.52. The lowest BCUT2D eigenvalue weighted by Crippen LogP contribution is -1.97. The summed E-state index contributed by atoms with van der Waals surface area (Å²) in [7, 11) is 0. The standard InChI is InChI=1S/C16H9ClFN3/c17-13-7-10(18)6-12(16(13)20)11-5-9-3-1-2-4-14(9)21-15(11)8-19/h1-7H,20H2. The number of nitrogen functional groups attached to an aromatic ring is 1. The van der Waals surface area contributed by atoms with E-state index in [2.05, 4.69) is 4.98 Å². The van der Waals surface area contributed by atoms with Crippen molar-refractivity contribution in [2.75, 3.05) is 5.73 Å². The molecule has 1 heterocycles. The average Bonchev–Trinajstić information content (AvgIpc) is 2.49. The number of nitriles is 1. The minimum absolute atomic E-state index is 0.113. The molecule has 0 unspecified atom stereocenters. The minimum Gasteiger partial charge on any atom is -0.397 e. The van der Waals surface area contributed by atoms with Crippen LogP contribution in [0.15, 0.2) is 42.5 Å². The van der Waals surface area contributed by atoms with E-state index in [1.54, 1.807) is 6.07 Å². The first kappa shape index (κ1) is 13.3. The molecule has 0 atom stereocenters. The Morgan fingerprint density at radius 3 is 2.67 bits per heavy atom. The van der Waals surface area contributed by atoms with Crippen LogP contribution in [0.1, 0.15) is 5.69 Å². The van der Waals surface area contributed by atoms with E-state index in [-0.39, 0.29) is 16.4 Å². The van der Waals surface area contributed by atoms with Gasteiger partial charge in [0.05, 0.1) is 16.2 Å². The van der Waals surface area contributed by atoms with Gasteiger partial charge in [-0.2, -0.15) is 5.26 Å². The lowest BCUT2D eigenvalue weighted by atomic mass is 10.00. The van der Waals surface area contributed by atoms with Gasteiger partial charge in [0.15, 0.2) is 0 Å². The number of nitrogens with zero attached hydrogens (tertiary/aromatic N) is 2. The van der Waals surface area contributed by atoms with Gasteiger partial charge in [0, 0.05) is 16.5 Å². The number of rotatable bonds is 1. The number of hydrogen-bond acceptors (Lipinski definition) is 3. The SMILES string of the molecule is N#Cc1nc2ccccc2cc1-c1cc(F)cc(Cl)c1N. The van der Waals surface area contributed by atoms with E-state index >= 15 is 0 Å². The quantitative estimate of drug-likeness (QED) is 0.686. The average molecular weight is 298 g/mol. The Bertz CT molecular complexity index is 900. The number of halogens is 2. The number of para-hydroxylation sites is 1. The van der Waals surface area contributed by atoms with Crippen LogP contribution in [0.3, 0.4) is 0 Å². The second kappa shape index (κ2) is 5.04. The van der Waals surface area contributed by atoms with E-state index in [9.17, 15) is 9.65 Å². The second-order valence-electron chi connectivity index (χ2n) is 4.54. The van der Waals surface area contributed by atoms with Crippen LogP contribution in [0, 0.1) is 17.1 Å². The lowest BCUT2D eigenvalue weighted by Gasteiger charge is -2.10. The molecule has 21 heavy (non-hydrogen) atoms. The van der Waals surface area contributed by atoms with Gasteiger partial charge >= 0.3 is 0 Å². The number of benzene rings is 2. The summed E-state index contributed by atoms with van der Waals surface area (Å²) in [5, 5.41) is 10.2.